The minimum absolute atomic E-state index is 0.245. The summed E-state index contributed by atoms with van der Waals surface area (Å²) in [7, 11) is 0. The summed E-state index contributed by atoms with van der Waals surface area (Å²) in [5, 5.41) is 0. The molecule has 0 aliphatic carbocycles. The number of ether oxygens (including phenoxy) is 3. The van der Waals surface area contributed by atoms with E-state index in [0.29, 0.717) is 26.2 Å². The number of rotatable bonds is 9. The lowest BCUT2D eigenvalue weighted by Gasteiger charge is -2.12. The van der Waals surface area contributed by atoms with Crippen molar-refractivity contribution in [2.45, 2.75) is 26.7 Å². The van der Waals surface area contributed by atoms with Crippen LogP contribution in [0.5, 0.6) is 11.5 Å². The fourth-order valence-electron chi connectivity index (χ4n) is 1.75. The molecule has 1 rings (SSSR count). The van der Waals surface area contributed by atoms with Crippen LogP contribution in [0, 0.1) is 0 Å². The zero-order valence-corrected chi connectivity index (χ0v) is 12.2. The van der Waals surface area contributed by atoms with E-state index in [9.17, 15) is 4.79 Å². The zero-order valence-electron chi connectivity index (χ0n) is 12.2. The molecular formula is C16H22O4. The fraction of sp³-hybridized carbons (Fsp3) is 0.438. The van der Waals surface area contributed by atoms with Crippen molar-refractivity contribution in [3.05, 3.63) is 36.4 Å². The summed E-state index contributed by atoms with van der Waals surface area (Å²) in [4.78, 5) is 11.2. The van der Waals surface area contributed by atoms with Gasteiger partial charge in [0.1, 0.15) is 11.5 Å². The summed E-state index contributed by atoms with van der Waals surface area (Å²) in [5.74, 6) is 1.31. The lowest BCUT2D eigenvalue weighted by molar-refractivity contribution is -0.143. The number of benzene rings is 1. The number of carbonyl (C=O) groups is 1. The Balaban J connectivity index is 2.63. The Labute approximate surface area is 120 Å². The quantitative estimate of drug-likeness (QED) is 0.514. The van der Waals surface area contributed by atoms with Crippen LogP contribution in [0.25, 0.3) is 0 Å². The van der Waals surface area contributed by atoms with Crippen molar-refractivity contribution in [1.82, 2.24) is 0 Å². The predicted molar refractivity (Wildman–Crippen MR) is 78.3 cm³/mol. The SMILES string of the molecule is C=CCc1cc(OCC)ccc1OCCC(=O)OCC. The summed E-state index contributed by atoms with van der Waals surface area (Å²) >= 11 is 0. The molecule has 0 spiro atoms. The molecule has 0 saturated heterocycles. The summed E-state index contributed by atoms with van der Waals surface area (Å²) in [6.07, 6.45) is 2.74. The molecule has 0 aromatic heterocycles. The van der Waals surface area contributed by atoms with E-state index in [1.165, 1.54) is 0 Å². The molecule has 4 nitrogen and oxygen atoms in total. The van der Waals surface area contributed by atoms with Gasteiger partial charge in [-0.3, -0.25) is 4.79 Å². The third-order valence-electron chi connectivity index (χ3n) is 2.58. The molecule has 0 N–H and O–H groups in total. The summed E-state index contributed by atoms with van der Waals surface area (Å²) in [6, 6.07) is 5.65. The highest BCUT2D eigenvalue weighted by Gasteiger charge is 2.07. The first-order valence-electron chi connectivity index (χ1n) is 6.86. The van der Waals surface area contributed by atoms with E-state index in [2.05, 4.69) is 6.58 Å². The maximum atomic E-state index is 11.2. The molecule has 0 atom stereocenters. The van der Waals surface area contributed by atoms with Crippen LogP contribution in [0.4, 0.5) is 0 Å². The van der Waals surface area contributed by atoms with Crippen LogP contribution in [0.15, 0.2) is 30.9 Å². The number of carbonyl (C=O) groups excluding carboxylic acids is 1. The van der Waals surface area contributed by atoms with Crippen molar-refractivity contribution in [2.75, 3.05) is 19.8 Å². The van der Waals surface area contributed by atoms with Gasteiger partial charge in [0, 0.05) is 5.56 Å². The second-order valence-corrected chi connectivity index (χ2v) is 4.10. The molecule has 0 radical (unpaired) electrons. The molecular weight excluding hydrogens is 256 g/mol. The van der Waals surface area contributed by atoms with E-state index in [1.54, 1.807) is 6.92 Å². The maximum absolute atomic E-state index is 11.2. The molecule has 110 valence electrons. The first-order chi connectivity index (χ1) is 9.71. The van der Waals surface area contributed by atoms with Gasteiger partial charge in [0.2, 0.25) is 0 Å². The molecule has 20 heavy (non-hydrogen) atoms. The highest BCUT2D eigenvalue weighted by atomic mass is 16.5. The van der Waals surface area contributed by atoms with E-state index in [0.717, 1.165) is 17.1 Å². The maximum Gasteiger partial charge on any atom is 0.309 e. The Kier molecular flexibility index (Phi) is 7.25. The van der Waals surface area contributed by atoms with E-state index < -0.39 is 0 Å². The van der Waals surface area contributed by atoms with Crippen molar-refractivity contribution in [3.8, 4) is 11.5 Å². The van der Waals surface area contributed by atoms with Gasteiger partial charge in [0.25, 0.3) is 0 Å². The van der Waals surface area contributed by atoms with E-state index in [-0.39, 0.29) is 12.4 Å². The van der Waals surface area contributed by atoms with E-state index >= 15 is 0 Å². The van der Waals surface area contributed by atoms with Crippen molar-refractivity contribution in [1.29, 1.82) is 0 Å². The highest BCUT2D eigenvalue weighted by Crippen LogP contribution is 2.25. The molecule has 0 aliphatic rings. The molecule has 0 aliphatic heterocycles. The van der Waals surface area contributed by atoms with Gasteiger partial charge in [-0.05, 0) is 38.5 Å². The third kappa shape index (κ3) is 5.34. The van der Waals surface area contributed by atoms with Crippen molar-refractivity contribution in [3.63, 3.8) is 0 Å². The van der Waals surface area contributed by atoms with Gasteiger partial charge in [-0.2, -0.15) is 0 Å². The minimum Gasteiger partial charge on any atom is -0.494 e. The van der Waals surface area contributed by atoms with E-state index in [4.69, 9.17) is 14.2 Å². The van der Waals surface area contributed by atoms with Gasteiger partial charge in [-0.1, -0.05) is 6.08 Å². The minimum atomic E-state index is -0.247. The van der Waals surface area contributed by atoms with Crippen LogP contribution in [-0.2, 0) is 16.0 Å². The second kappa shape index (κ2) is 9.02. The number of hydrogen-bond donors (Lipinski definition) is 0. The molecule has 0 amide bonds. The highest BCUT2D eigenvalue weighted by molar-refractivity contribution is 5.69. The van der Waals surface area contributed by atoms with Gasteiger partial charge < -0.3 is 14.2 Å². The first-order valence-corrected chi connectivity index (χ1v) is 6.86. The number of allylic oxidation sites excluding steroid dienone is 1. The molecule has 0 saturated carbocycles. The van der Waals surface area contributed by atoms with Crippen molar-refractivity contribution < 1.29 is 19.0 Å². The Morgan fingerprint density at radius 3 is 2.70 bits per heavy atom. The monoisotopic (exact) mass is 278 g/mol. The third-order valence-corrected chi connectivity index (χ3v) is 2.58. The normalized spacial score (nSPS) is 9.90. The molecule has 1 aromatic rings. The second-order valence-electron chi connectivity index (χ2n) is 4.10. The topological polar surface area (TPSA) is 44.8 Å². The van der Waals surface area contributed by atoms with Gasteiger partial charge in [-0.15, -0.1) is 6.58 Å². The van der Waals surface area contributed by atoms with Crippen LogP contribution in [-0.4, -0.2) is 25.8 Å². The molecule has 1 aromatic carbocycles. The Morgan fingerprint density at radius 2 is 2.05 bits per heavy atom. The molecule has 0 bridgehead atoms. The van der Waals surface area contributed by atoms with Gasteiger partial charge >= 0.3 is 5.97 Å². The fourth-order valence-corrected chi connectivity index (χ4v) is 1.75. The molecule has 4 heteroatoms. The zero-order chi connectivity index (χ0) is 14.8. The largest absolute Gasteiger partial charge is 0.494 e. The Morgan fingerprint density at radius 1 is 1.25 bits per heavy atom. The number of esters is 1. The average molecular weight is 278 g/mol. The summed E-state index contributed by atoms with van der Waals surface area (Å²) in [5.41, 5.74) is 0.995. The average Bonchev–Trinajstić information content (AvgIpc) is 2.42. The number of hydrogen-bond acceptors (Lipinski definition) is 4. The van der Waals surface area contributed by atoms with Gasteiger partial charge in [0.15, 0.2) is 0 Å². The van der Waals surface area contributed by atoms with Crippen molar-refractivity contribution >= 4 is 5.97 Å². The van der Waals surface area contributed by atoms with Crippen LogP contribution in [0.3, 0.4) is 0 Å². The van der Waals surface area contributed by atoms with Crippen LogP contribution in [0.1, 0.15) is 25.8 Å². The predicted octanol–water partition coefficient (Wildman–Crippen LogP) is 3.15. The molecule has 0 heterocycles. The lowest BCUT2D eigenvalue weighted by Crippen LogP contribution is -2.10. The summed E-state index contributed by atoms with van der Waals surface area (Å²) in [6.45, 7) is 8.78. The Bertz CT molecular complexity index is 440. The molecule has 0 fully saturated rings. The van der Waals surface area contributed by atoms with Crippen molar-refractivity contribution in [2.24, 2.45) is 0 Å². The standard InChI is InChI=1S/C16H22O4/c1-4-7-13-12-14(18-5-2)8-9-15(13)20-11-10-16(17)19-6-3/h4,8-9,12H,1,5-7,10-11H2,2-3H3. The van der Waals surface area contributed by atoms with E-state index in [1.807, 2.05) is 31.2 Å². The first kappa shape index (κ1) is 16.1. The van der Waals surface area contributed by atoms with Gasteiger partial charge in [0.05, 0.1) is 26.2 Å². The lowest BCUT2D eigenvalue weighted by atomic mass is 10.1. The summed E-state index contributed by atoms with van der Waals surface area (Å²) < 4.78 is 15.9. The van der Waals surface area contributed by atoms with Crippen LogP contribution < -0.4 is 9.47 Å². The molecule has 0 unspecified atom stereocenters. The van der Waals surface area contributed by atoms with Crippen LogP contribution >= 0.6 is 0 Å². The Hall–Kier alpha value is -1.97. The van der Waals surface area contributed by atoms with Gasteiger partial charge in [-0.25, -0.2) is 0 Å². The van der Waals surface area contributed by atoms with Crippen LogP contribution in [0.2, 0.25) is 0 Å². The smallest absolute Gasteiger partial charge is 0.309 e.